The van der Waals surface area contributed by atoms with E-state index >= 15 is 0 Å². The molecule has 0 aliphatic rings. The smallest absolute Gasteiger partial charge is 0.191 e. The highest BCUT2D eigenvalue weighted by molar-refractivity contribution is 5.93. The van der Waals surface area contributed by atoms with Crippen molar-refractivity contribution in [1.29, 1.82) is 0 Å². The number of fused-ring (bicyclic) bond motifs is 1. The van der Waals surface area contributed by atoms with E-state index in [1.807, 2.05) is 0 Å². The van der Waals surface area contributed by atoms with Gasteiger partial charge in [0, 0.05) is 10.9 Å². The molecule has 0 amide bonds. The van der Waals surface area contributed by atoms with Crippen molar-refractivity contribution in [2.24, 2.45) is 0 Å². The maximum absolute atomic E-state index is 14.6. The Labute approximate surface area is 125 Å². The van der Waals surface area contributed by atoms with Crippen molar-refractivity contribution in [3.63, 3.8) is 0 Å². The molecule has 3 aromatic rings. The molecule has 0 fully saturated rings. The van der Waals surface area contributed by atoms with Gasteiger partial charge in [0.15, 0.2) is 23.7 Å². The van der Waals surface area contributed by atoms with Crippen LogP contribution in [0.3, 0.4) is 0 Å². The number of rotatable bonds is 3. The lowest BCUT2D eigenvalue weighted by atomic mass is 10.1. The molecule has 0 aliphatic carbocycles. The van der Waals surface area contributed by atoms with Crippen LogP contribution >= 0.6 is 0 Å². The fourth-order valence-electron chi connectivity index (χ4n) is 2.34. The van der Waals surface area contributed by atoms with Crippen LogP contribution in [0.4, 0.5) is 8.78 Å². The molecule has 0 atom stereocenters. The minimum atomic E-state index is -0.789. The van der Waals surface area contributed by atoms with E-state index in [4.69, 9.17) is 4.74 Å². The molecule has 0 radical (unpaired) electrons. The van der Waals surface area contributed by atoms with Crippen LogP contribution in [0.2, 0.25) is 0 Å². The van der Waals surface area contributed by atoms with Crippen molar-refractivity contribution in [1.82, 2.24) is 4.98 Å². The summed E-state index contributed by atoms with van der Waals surface area (Å²) in [5.74, 6) is -1.55. The molecule has 3 nitrogen and oxygen atoms in total. The first kappa shape index (κ1) is 14.1. The summed E-state index contributed by atoms with van der Waals surface area (Å²) in [6, 6.07) is 11.3. The van der Waals surface area contributed by atoms with Gasteiger partial charge in [-0.2, -0.15) is 0 Å². The van der Waals surface area contributed by atoms with Crippen molar-refractivity contribution >= 4 is 17.2 Å². The second kappa shape index (κ2) is 5.52. The maximum atomic E-state index is 14.6. The first-order chi connectivity index (χ1) is 10.7. The zero-order valence-electron chi connectivity index (χ0n) is 11.6. The molecule has 22 heavy (non-hydrogen) atoms. The van der Waals surface area contributed by atoms with Crippen molar-refractivity contribution < 1.29 is 18.3 Å². The van der Waals surface area contributed by atoms with Gasteiger partial charge in [0.1, 0.15) is 11.2 Å². The third-order valence-electron chi connectivity index (χ3n) is 3.40. The average Bonchev–Trinajstić information content (AvgIpc) is 2.56. The first-order valence-electron chi connectivity index (χ1n) is 6.53. The molecule has 2 aromatic carbocycles. The lowest BCUT2D eigenvalue weighted by molar-refractivity contribution is 0.112. The van der Waals surface area contributed by atoms with E-state index < -0.39 is 11.6 Å². The summed E-state index contributed by atoms with van der Waals surface area (Å²) in [4.78, 5) is 14.9. The zero-order valence-corrected chi connectivity index (χ0v) is 11.6. The second-order valence-corrected chi connectivity index (χ2v) is 4.66. The molecule has 0 unspecified atom stereocenters. The molecule has 110 valence electrons. The molecule has 0 saturated carbocycles. The van der Waals surface area contributed by atoms with Gasteiger partial charge in [0.25, 0.3) is 0 Å². The Hall–Kier alpha value is -2.82. The fraction of sp³-hybridized carbons (Fsp3) is 0.0588. The van der Waals surface area contributed by atoms with Crippen LogP contribution in [0.5, 0.6) is 5.75 Å². The summed E-state index contributed by atoms with van der Waals surface area (Å²) in [5, 5.41) is 0.183. The monoisotopic (exact) mass is 299 g/mol. The molecule has 1 aromatic heterocycles. The van der Waals surface area contributed by atoms with Crippen LogP contribution in [-0.2, 0) is 0 Å². The number of carbonyl (C=O) groups is 1. The van der Waals surface area contributed by atoms with E-state index in [-0.39, 0.29) is 27.9 Å². The maximum Gasteiger partial charge on any atom is 0.191 e. The highest BCUT2D eigenvalue weighted by Gasteiger charge is 2.20. The van der Waals surface area contributed by atoms with Gasteiger partial charge < -0.3 is 4.74 Å². The van der Waals surface area contributed by atoms with Crippen LogP contribution < -0.4 is 4.74 Å². The minimum absolute atomic E-state index is 0.0214. The van der Waals surface area contributed by atoms with Gasteiger partial charge in [-0.3, -0.25) is 4.79 Å². The van der Waals surface area contributed by atoms with E-state index in [0.717, 1.165) is 0 Å². The number of methoxy groups -OCH3 is 1. The first-order valence-corrected chi connectivity index (χ1v) is 6.53. The second-order valence-electron chi connectivity index (χ2n) is 4.66. The van der Waals surface area contributed by atoms with E-state index in [0.29, 0.717) is 11.8 Å². The highest BCUT2D eigenvalue weighted by Crippen LogP contribution is 2.35. The van der Waals surface area contributed by atoms with Gasteiger partial charge in [-0.05, 0) is 12.1 Å². The standard InChI is InChI=1S/C17H11F2NO2/c1-22-17-12-8-7-11(9-21)13(18)16(12)20-15(14(17)19)10-5-3-2-4-6-10/h2-9H,1H3. The highest BCUT2D eigenvalue weighted by atomic mass is 19.1. The molecular weight excluding hydrogens is 288 g/mol. The van der Waals surface area contributed by atoms with Crippen molar-refractivity contribution in [2.45, 2.75) is 0 Å². The number of carbonyl (C=O) groups excluding carboxylic acids is 1. The van der Waals surface area contributed by atoms with Gasteiger partial charge in [-0.1, -0.05) is 30.3 Å². The number of hydrogen-bond acceptors (Lipinski definition) is 3. The molecule has 1 heterocycles. The molecule has 0 N–H and O–H groups in total. The Bertz CT molecular complexity index is 864. The number of pyridine rings is 1. The van der Waals surface area contributed by atoms with Gasteiger partial charge >= 0.3 is 0 Å². The van der Waals surface area contributed by atoms with Gasteiger partial charge in [0.2, 0.25) is 0 Å². The molecule has 0 spiro atoms. The number of nitrogens with zero attached hydrogens (tertiary/aromatic N) is 1. The average molecular weight is 299 g/mol. The van der Waals surface area contributed by atoms with Crippen molar-refractivity contribution in [3.05, 3.63) is 59.7 Å². The number of ether oxygens (including phenoxy) is 1. The van der Waals surface area contributed by atoms with Gasteiger partial charge in [-0.25, -0.2) is 13.8 Å². The molecule has 5 heteroatoms. The Morgan fingerprint density at radius 1 is 1.05 bits per heavy atom. The summed E-state index contributed by atoms with van der Waals surface area (Å²) < 4.78 is 34.0. The fourth-order valence-corrected chi connectivity index (χ4v) is 2.34. The Morgan fingerprint density at radius 3 is 2.41 bits per heavy atom. The summed E-state index contributed by atoms with van der Waals surface area (Å²) in [7, 11) is 1.30. The summed E-state index contributed by atoms with van der Waals surface area (Å²) >= 11 is 0. The molecular formula is C17H11F2NO2. The largest absolute Gasteiger partial charge is 0.493 e. The van der Waals surface area contributed by atoms with Crippen molar-refractivity contribution in [3.8, 4) is 17.0 Å². The number of aromatic nitrogens is 1. The van der Waals surface area contributed by atoms with Crippen LogP contribution in [0.25, 0.3) is 22.2 Å². The molecule has 0 aliphatic heterocycles. The van der Waals surface area contributed by atoms with E-state index in [1.165, 1.54) is 19.2 Å². The van der Waals surface area contributed by atoms with Crippen LogP contribution in [0, 0.1) is 11.6 Å². The SMILES string of the molecule is COc1c(F)c(-c2ccccc2)nc2c(F)c(C=O)ccc12. The van der Waals surface area contributed by atoms with Crippen LogP contribution in [0.1, 0.15) is 10.4 Å². The summed E-state index contributed by atoms with van der Waals surface area (Å²) in [6.45, 7) is 0. The van der Waals surface area contributed by atoms with E-state index in [9.17, 15) is 13.6 Å². The third-order valence-corrected chi connectivity index (χ3v) is 3.40. The molecule has 0 bridgehead atoms. The quantitative estimate of drug-likeness (QED) is 0.686. The zero-order chi connectivity index (χ0) is 15.7. The number of hydrogen-bond donors (Lipinski definition) is 0. The normalized spacial score (nSPS) is 10.7. The third kappa shape index (κ3) is 2.11. The predicted molar refractivity (Wildman–Crippen MR) is 79.0 cm³/mol. The van der Waals surface area contributed by atoms with Crippen molar-refractivity contribution in [2.75, 3.05) is 7.11 Å². The Kier molecular flexibility index (Phi) is 3.55. The van der Waals surface area contributed by atoms with Crippen LogP contribution in [0.15, 0.2) is 42.5 Å². The predicted octanol–water partition coefficient (Wildman–Crippen LogP) is 4.00. The Balaban J connectivity index is 2.42. The number of aldehydes is 1. The lowest BCUT2D eigenvalue weighted by Crippen LogP contribution is -2.00. The van der Waals surface area contributed by atoms with Gasteiger partial charge in [0.05, 0.1) is 12.7 Å². The minimum Gasteiger partial charge on any atom is -0.493 e. The lowest BCUT2D eigenvalue weighted by Gasteiger charge is -2.12. The van der Waals surface area contributed by atoms with Gasteiger partial charge in [-0.15, -0.1) is 0 Å². The molecule has 3 rings (SSSR count). The number of benzene rings is 2. The van der Waals surface area contributed by atoms with Crippen LogP contribution in [-0.4, -0.2) is 18.4 Å². The summed E-state index contributed by atoms with van der Waals surface area (Å²) in [5.41, 5.74) is 0.248. The summed E-state index contributed by atoms with van der Waals surface area (Å²) in [6.07, 6.45) is 0.397. The molecule has 0 saturated heterocycles. The Morgan fingerprint density at radius 2 is 1.77 bits per heavy atom. The van der Waals surface area contributed by atoms with E-state index in [1.54, 1.807) is 30.3 Å². The van der Waals surface area contributed by atoms with E-state index in [2.05, 4.69) is 4.98 Å². The topological polar surface area (TPSA) is 39.2 Å². The number of halogens is 2.